The lowest BCUT2D eigenvalue weighted by Crippen LogP contribution is -2.60. The topological polar surface area (TPSA) is 313 Å². The number of aromatic amines is 3. The van der Waals surface area contributed by atoms with Crippen LogP contribution in [0.1, 0.15) is 35.2 Å². The van der Waals surface area contributed by atoms with Crippen LogP contribution < -0.4 is 31.9 Å². The highest BCUT2D eigenvalue weighted by Crippen LogP contribution is 2.21. The molecule has 0 unspecified atom stereocenters. The highest BCUT2D eigenvalue weighted by Gasteiger charge is 2.35. The van der Waals surface area contributed by atoms with E-state index in [4.69, 9.17) is 0 Å². The van der Waals surface area contributed by atoms with Gasteiger partial charge in [-0.05, 0) is 47.4 Å². The fraction of sp³-hybridized carbons (Fsp3) is 0.289. The molecular weight excluding hydrogens is 841 g/mol. The number of rotatable bonds is 20. The zero-order chi connectivity index (χ0) is 46.0. The first-order valence-electron chi connectivity index (χ1n) is 20.8. The first kappa shape index (κ1) is 45.0. The van der Waals surface area contributed by atoms with Crippen molar-refractivity contribution < 1.29 is 48.9 Å². The maximum atomic E-state index is 14.3. The Morgan fingerprint density at radius 1 is 0.646 bits per heavy atom. The minimum absolute atomic E-state index is 0.0573. The number of hydrogen-bond donors (Lipinski definition) is 12. The third kappa shape index (κ3) is 11.3. The molecule has 20 nitrogen and oxygen atoms in total. The molecule has 0 saturated carbocycles. The number of aliphatic carboxylic acids is 1. The van der Waals surface area contributed by atoms with Crippen LogP contribution in [0.15, 0.2) is 97.7 Å². The lowest BCUT2D eigenvalue weighted by Gasteiger charge is -2.26. The van der Waals surface area contributed by atoms with E-state index in [1.165, 1.54) is 36.8 Å². The molecule has 1 fully saturated rings. The molecule has 1 aliphatic rings. The molecule has 6 atom stereocenters. The van der Waals surface area contributed by atoms with Crippen molar-refractivity contribution in [3.63, 3.8) is 0 Å². The van der Waals surface area contributed by atoms with Crippen LogP contribution >= 0.6 is 0 Å². The van der Waals surface area contributed by atoms with Crippen LogP contribution in [0.5, 0.6) is 5.75 Å². The van der Waals surface area contributed by atoms with E-state index >= 15 is 0 Å². The summed E-state index contributed by atoms with van der Waals surface area (Å²) in [5.41, 5.74) is 3.71. The van der Waals surface area contributed by atoms with Crippen LogP contribution in [-0.4, -0.2) is 120 Å². The van der Waals surface area contributed by atoms with E-state index in [2.05, 4.69) is 51.8 Å². The molecule has 0 radical (unpaired) electrons. The number of aromatic nitrogens is 4. The van der Waals surface area contributed by atoms with Gasteiger partial charge in [0, 0.05) is 78.2 Å². The summed E-state index contributed by atoms with van der Waals surface area (Å²) in [6, 6.07) is 12.2. The van der Waals surface area contributed by atoms with Gasteiger partial charge in [0.2, 0.25) is 35.4 Å². The summed E-state index contributed by atoms with van der Waals surface area (Å²) in [5.74, 6) is -5.89. The smallest absolute Gasteiger partial charge is 0.326 e. The van der Waals surface area contributed by atoms with Gasteiger partial charge in [-0.2, -0.15) is 0 Å². The van der Waals surface area contributed by atoms with Gasteiger partial charge in [0.15, 0.2) is 0 Å². The summed E-state index contributed by atoms with van der Waals surface area (Å²) < 4.78 is 0. The molecule has 7 rings (SSSR count). The van der Waals surface area contributed by atoms with E-state index in [1.807, 2.05) is 36.4 Å². The maximum Gasteiger partial charge on any atom is 0.326 e. The van der Waals surface area contributed by atoms with Crippen molar-refractivity contribution in [1.29, 1.82) is 0 Å². The molecule has 338 valence electrons. The second kappa shape index (κ2) is 20.5. The molecule has 6 aromatic rings. The average molecular weight is 889 g/mol. The van der Waals surface area contributed by atoms with Crippen molar-refractivity contribution in [2.75, 3.05) is 6.61 Å². The molecule has 12 N–H and O–H groups in total. The molecule has 0 aliphatic carbocycles. The number of carbonyl (C=O) groups excluding carboxylic acids is 6. The largest absolute Gasteiger partial charge is 0.508 e. The van der Waals surface area contributed by atoms with Crippen molar-refractivity contribution in [3.8, 4) is 5.75 Å². The van der Waals surface area contributed by atoms with Crippen molar-refractivity contribution in [2.24, 2.45) is 0 Å². The number of benzene rings is 3. The van der Waals surface area contributed by atoms with Gasteiger partial charge in [-0.1, -0.05) is 48.5 Å². The van der Waals surface area contributed by atoms with Crippen molar-refractivity contribution in [1.82, 2.24) is 51.8 Å². The molecule has 1 saturated heterocycles. The quantitative estimate of drug-likeness (QED) is 0.0489. The average Bonchev–Trinajstić information content (AvgIpc) is 4.14. The van der Waals surface area contributed by atoms with E-state index in [-0.39, 0.29) is 50.2 Å². The summed E-state index contributed by atoms with van der Waals surface area (Å²) in [7, 11) is 0. The predicted octanol–water partition coefficient (Wildman–Crippen LogP) is 0.128. The Morgan fingerprint density at radius 3 is 1.71 bits per heavy atom. The van der Waals surface area contributed by atoms with Crippen molar-refractivity contribution >= 4 is 63.2 Å². The van der Waals surface area contributed by atoms with E-state index in [9.17, 15) is 48.9 Å². The number of aromatic hydroxyl groups is 1. The maximum absolute atomic E-state index is 14.3. The number of phenols is 1. The Labute approximate surface area is 370 Å². The zero-order valence-corrected chi connectivity index (χ0v) is 34.8. The van der Waals surface area contributed by atoms with Gasteiger partial charge in [0.1, 0.15) is 42.0 Å². The van der Waals surface area contributed by atoms with Crippen LogP contribution in [0, 0.1) is 0 Å². The second-order valence-electron chi connectivity index (χ2n) is 15.8. The number of amides is 6. The summed E-state index contributed by atoms with van der Waals surface area (Å²) in [4.78, 5) is 107. The number of aliphatic hydroxyl groups excluding tert-OH is 1. The standard InChI is InChI=1S/C45H48N10O10/c56-22-38(44(63)51-34(15-24-9-11-28(57)12-10-24)41(60)54-37(45(64)65)17-26-20-48-32-8-4-2-6-30(26)32)55-42(61)35(16-25-19-47-31-7-3-1-5-29(25)31)52-43(62)36(18-27-21-46-23-49-27)53-40(59)33-13-14-39(58)50-33/h1-12,19-21,23,33-38,47-48,56-57H,13-18,22H2,(H,46,49)(H,50,58)(H,51,63)(H,52,62)(H,53,59)(H,54,60)(H,55,61)(H,64,65)/t33-,34-,35-,36-,37+,38-/m0/s1. The van der Waals surface area contributed by atoms with Gasteiger partial charge < -0.3 is 62.2 Å². The molecule has 1 aliphatic heterocycles. The van der Waals surface area contributed by atoms with Crippen LogP contribution in [0.2, 0.25) is 0 Å². The molecule has 4 heterocycles. The number of aliphatic hydroxyl groups is 1. The zero-order valence-electron chi connectivity index (χ0n) is 34.8. The number of fused-ring (bicyclic) bond motifs is 2. The lowest BCUT2D eigenvalue weighted by molar-refractivity contribution is -0.142. The van der Waals surface area contributed by atoms with E-state index in [0.29, 0.717) is 22.4 Å². The van der Waals surface area contributed by atoms with E-state index < -0.39 is 78.4 Å². The Morgan fingerprint density at radius 2 is 1.17 bits per heavy atom. The normalized spacial score (nSPS) is 15.8. The predicted molar refractivity (Wildman–Crippen MR) is 234 cm³/mol. The van der Waals surface area contributed by atoms with Crippen LogP contribution in [-0.2, 0) is 59.2 Å². The molecule has 20 heteroatoms. The summed E-state index contributed by atoms with van der Waals surface area (Å²) in [6.45, 7) is -0.956. The van der Waals surface area contributed by atoms with E-state index in [0.717, 1.165) is 21.8 Å². The number of nitrogens with zero attached hydrogens (tertiary/aromatic N) is 1. The number of hydrogen-bond acceptors (Lipinski definition) is 10. The first-order valence-corrected chi connectivity index (χ1v) is 20.8. The number of carbonyl (C=O) groups is 7. The number of nitrogens with one attached hydrogen (secondary N) is 9. The molecule has 0 bridgehead atoms. The highest BCUT2D eigenvalue weighted by atomic mass is 16.4. The molecular formula is C45H48N10O10. The second-order valence-corrected chi connectivity index (χ2v) is 15.8. The molecule has 0 spiro atoms. The minimum Gasteiger partial charge on any atom is -0.508 e. The Hall–Kier alpha value is -8.00. The number of para-hydroxylation sites is 2. The molecule has 6 amide bonds. The Kier molecular flexibility index (Phi) is 14.2. The number of H-pyrrole nitrogens is 3. The van der Waals surface area contributed by atoms with Crippen LogP contribution in [0.3, 0.4) is 0 Å². The number of phenolic OH excluding ortho intramolecular Hbond substituents is 1. The Balaban J connectivity index is 1.10. The first-order chi connectivity index (χ1) is 31.3. The number of carboxylic acid groups (broad SMARTS) is 1. The van der Waals surface area contributed by atoms with Gasteiger partial charge in [-0.3, -0.25) is 28.8 Å². The van der Waals surface area contributed by atoms with Crippen molar-refractivity contribution in [2.45, 2.75) is 74.8 Å². The molecule has 65 heavy (non-hydrogen) atoms. The van der Waals surface area contributed by atoms with Gasteiger partial charge >= 0.3 is 5.97 Å². The summed E-state index contributed by atoms with van der Waals surface area (Å²) in [6.07, 6.45) is 6.05. The number of carboxylic acids is 1. The fourth-order valence-electron chi connectivity index (χ4n) is 7.72. The van der Waals surface area contributed by atoms with E-state index in [1.54, 1.807) is 24.5 Å². The molecule has 3 aromatic carbocycles. The number of imidazole rings is 1. The summed E-state index contributed by atoms with van der Waals surface area (Å²) in [5, 5.41) is 47.6. The van der Waals surface area contributed by atoms with Gasteiger partial charge in [-0.15, -0.1) is 0 Å². The van der Waals surface area contributed by atoms with Gasteiger partial charge in [-0.25, -0.2) is 9.78 Å². The SMILES string of the molecule is O=C1CC[C@@H](C(=O)N[C@@H](Cc2cnc[nH]2)C(=O)N[C@@H](Cc2c[nH]c3ccccc23)C(=O)N[C@@H](CO)C(=O)N[C@@H](Cc2ccc(O)cc2)C(=O)N[C@H](Cc2c[nH]c3ccccc23)C(=O)O)N1. The summed E-state index contributed by atoms with van der Waals surface area (Å²) >= 11 is 0. The van der Waals surface area contributed by atoms with Gasteiger partial charge in [0.25, 0.3) is 0 Å². The van der Waals surface area contributed by atoms with Crippen LogP contribution in [0.4, 0.5) is 0 Å². The minimum atomic E-state index is -1.69. The highest BCUT2D eigenvalue weighted by molar-refractivity contribution is 5.98. The van der Waals surface area contributed by atoms with Crippen LogP contribution in [0.25, 0.3) is 21.8 Å². The third-order valence-corrected chi connectivity index (χ3v) is 11.2. The van der Waals surface area contributed by atoms with Gasteiger partial charge in [0.05, 0.1) is 12.9 Å². The fourth-order valence-corrected chi connectivity index (χ4v) is 7.72. The third-order valence-electron chi connectivity index (χ3n) is 11.2. The molecule has 3 aromatic heterocycles. The van der Waals surface area contributed by atoms with Crippen molar-refractivity contribution in [3.05, 3.63) is 120 Å². The Bertz CT molecular complexity index is 2680. The lowest BCUT2D eigenvalue weighted by atomic mass is 10.0. The monoisotopic (exact) mass is 888 g/mol.